The molecule has 1 aliphatic rings. The number of rotatable bonds is 8. The molecule has 0 saturated carbocycles. The number of carbonyl (C=O) groups excluding carboxylic acids is 2. The Morgan fingerprint density at radius 1 is 1.33 bits per heavy atom. The van der Waals surface area contributed by atoms with Gasteiger partial charge in [-0.2, -0.15) is 0 Å². The van der Waals surface area contributed by atoms with E-state index in [1.165, 1.54) is 4.90 Å². The van der Waals surface area contributed by atoms with Gasteiger partial charge < -0.3 is 29.7 Å². The van der Waals surface area contributed by atoms with Crippen molar-refractivity contribution in [3.8, 4) is 11.5 Å². The summed E-state index contributed by atoms with van der Waals surface area (Å²) in [6, 6.07) is 5.50. The van der Waals surface area contributed by atoms with Crippen LogP contribution in [0, 0.1) is 0 Å². The molecule has 1 aromatic rings. The van der Waals surface area contributed by atoms with E-state index in [-0.39, 0.29) is 24.9 Å². The van der Waals surface area contributed by atoms with Gasteiger partial charge in [0.2, 0.25) is 5.91 Å². The topological polar surface area (TPSA) is 91.3 Å². The first kappa shape index (κ1) is 21.0. The zero-order valence-electron chi connectivity index (χ0n) is 16.4. The van der Waals surface area contributed by atoms with E-state index in [1.54, 1.807) is 39.3 Å². The normalized spacial score (nSPS) is 19.7. The third-order valence-electron chi connectivity index (χ3n) is 4.74. The summed E-state index contributed by atoms with van der Waals surface area (Å²) in [6.45, 7) is 0.986. The van der Waals surface area contributed by atoms with Gasteiger partial charge in [0.15, 0.2) is 17.1 Å². The Labute approximate surface area is 160 Å². The lowest BCUT2D eigenvalue weighted by atomic mass is 9.91. The molecule has 1 heterocycles. The number of carbonyl (C=O) groups is 2. The van der Waals surface area contributed by atoms with Crippen molar-refractivity contribution in [2.24, 2.45) is 0 Å². The first-order chi connectivity index (χ1) is 12.8. The molecule has 0 bridgehead atoms. The van der Waals surface area contributed by atoms with Gasteiger partial charge in [0.05, 0.1) is 20.8 Å². The van der Waals surface area contributed by atoms with Crippen LogP contribution in [-0.2, 0) is 16.1 Å². The average Bonchev–Trinajstić information content (AvgIpc) is 2.65. The van der Waals surface area contributed by atoms with E-state index in [1.807, 2.05) is 12.1 Å². The molecule has 1 aliphatic heterocycles. The minimum absolute atomic E-state index is 0.0388. The second kappa shape index (κ2) is 9.05. The van der Waals surface area contributed by atoms with Crippen LogP contribution < -0.4 is 14.8 Å². The van der Waals surface area contributed by atoms with Gasteiger partial charge in [-0.05, 0) is 18.9 Å². The molecule has 0 spiro atoms. The summed E-state index contributed by atoms with van der Waals surface area (Å²) in [5, 5.41) is 13.7. The van der Waals surface area contributed by atoms with Crippen molar-refractivity contribution in [2.45, 2.75) is 25.0 Å². The lowest BCUT2D eigenvalue weighted by molar-refractivity contribution is -0.157. The van der Waals surface area contributed by atoms with Crippen molar-refractivity contribution in [1.29, 1.82) is 0 Å². The lowest BCUT2D eigenvalue weighted by Crippen LogP contribution is -2.58. The van der Waals surface area contributed by atoms with Crippen molar-refractivity contribution in [3.63, 3.8) is 0 Å². The number of amides is 2. The van der Waals surface area contributed by atoms with Crippen molar-refractivity contribution in [3.05, 3.63) is 23.8 Å². The smallest absolute Gasteiger partial charge is 0.256 e. The standard InChI is InChI=1S/C19H29N3O5/c1-21(2)16(23)11-20-13-19(25)9-6-10-22(18(19)24)12-14-7-5-8-15(26-3)17(14)27-4/h5,7-8,20,25H,6,9-13H2,1-4H3/t19-/m1/s1. The predicted octanol–water partition coefficient (Wildman–Crippen LogP) is 0.235. The Morgan fingerprint density at radius 2 is 2.07 bits per heavy atom. The first-order valence-corrected chi connectivity index (χ1v) is 8.95. The quantitative estimate of drug-likeness (QED) is 0.672. The van der Waals surface area contributed by atoms with Gasteiger partial charge in [0.1, 0.15) is 0 Å². The minimum Gasteiger partial charge on any atom is -0.493 e. The fraction of sp³-hybridized carbons (Fsp3) is 0.579. The second-order valence-electron chi connectivity index (χ2n) is 6.91. The van der Waals surface area contributed by atoms with E-state index in [0.717, 1.165) is 5.56 Å². The van der Waals surface area contributed by atoms with Gasteiger partial charge in [0, 0.05) is 39.3 Å². The maximum atomic E-state index is 12.9. The van der Waals surface area contributed by atoms with E-state index in [9.17, 15) is 14.7 Å². The van der Waals surface area contributed by atoms with Gasteiger partial charge in [-0.3, -0.25) is 9.59 Å². The highest BCUT2D eigenvalue weighted by atomic mass is 16.5. The molecule has 1 saturated heterocycles. The van der Waals surface area contributed by atoms with Gasteiger partial charge in [-0.15, -0.1) is 0 Å². The number of likely N-dealkylation sites (N-methyl/N-ethyl adjacent to an activating group) is 1. The minimum atomic E-state index is -1.52. The maximum absolute atomic E-state index is 12.9. The van der Waals surface area contributed by atoms with E-state index in [2.05, 4.69) is 5.32 Å². The van der Waals surface area contributed by atoms with Crippen LogP contribution in [-0.4, -0.2) is 80.3 Å². The van der Waals surface area contributed by atoms with Gasteiger partial charge >= 0.3 is 0 Å². The zero-order chi connectivity index (χ0) is 20.0. The van der Waals surface area contributed by atoms with E-state index in [0.29, 0.717) is 37.4 Å². The number of aliphatic hydroxyl groups is 1. The Bertz CT molecular complexity index is 679. The largest absolute Gasteiger partial charge is 0.493 e. The molecule has 0 unspecified atom stereocenters. The van der Waals surface area contributed by atoms with Crippen LogP contribution in [0.25, 0.3) is 0 Å². The summed E-state index contributed by atoms with van der Waals surface area (Å²) in [5.74, 6) is 0.721. The third kappa shape index (κ3) is 4.90. The number of nitrogens with one attached hydrogen (secondary N) is 1. The van der Waals surface area contributed by atoms with Crippen molar-refractivity contribution in [2.75, 3.05) is 47.9 Å². The highest BCUT2D eigenvalue weighted by Gasteiger charge is 2.42. The van der Waals surface area contributed by atoms with Crippen LogP contribution in [0.5, 0.6) is 11.5 Å². The van der Waals surface area contributed by atoms with E-state index >= 15 is 0 Å². The van der Waals surface area contributed by atoms with Crippen LogP contribution in [0.1, 0.15) is 18.4 Å². The Morgan fingerprint density at radius 3 is 2.70 bits per heavy atom. The summed E-state index contributed by atoms with van der Waals surface area (Å²) >= 11 is 0. The highest BCUT2D eigenvalue weighted by molar-refractivity contribution is 5.86. The van der Waals surface area contributed by atoms with Crippen LogP contribution in [0.2, 0.25) is 0 Å². The molecule has 2 N–H and O–H groups in total. The Kier molecular flexibility index (Phi) is 7.04. The SMILES string of the molecule is COc1cccc(CN2CCC[C@@](O)(CNCC(=O)N(C)C)C2=O)c1OC. The number of para-hydroxylation sites is 1. The molecule has 0 aromatic heterocycles. The molecular formula is C19H29N3O5. The van der Waals surface area contributed by atoms with Crippen molar-refractivity contribution in [1.82, 2.24) is 15.1 Å². The highest BCUT2D eigenvalue weighted by Crippen LogP contribution is 2.33. The Hall–Kier alpha value is -2.32. The van der Waals surface area contributed by atoms with Crippen molar-refractivity contribution < 1.29 is 24.2 Å². The summed E-state index contributed by atoms with van der Waals surface area (Å²) in [7, 11) is 6.44. The fourth-order valence-electron chi connectivity index (χ4n) is 3.20. The van der Waals surface area contributed by atoms with Crippen LogP contribution >= 0.6 is 0 Å². The maximum Gasteiger partial charge on any atom is 0.256 e. The molecule has 8 nitrogen and oxygen atoms in total. The van der Waals surface area contributed by atoms with Gasteiger partial charge in [-0.1, -0.05) is 12.1 Å². The number of methoxy groups -OCH3 is 2. The van der Waals surface area contributed by atoms with Crippen molar-refractivity contribution >= 4 is 11.8 Å². The molecule has 2 rings (SSSR count). The molecule has 8 heteroatoms. The molecule has 150 valence electrons. The van der Waals surface area contributed by atoms with Crippen LogP contribution in [0.3, 0.4) is 0 Å². The van der Waals surface area contributed by atoms with Gasteiger partial charge in [-0.25, -0.2) is 0 Å². The monoisotopic (exact) mass is 379 g/mol. The molecule has 0 radical (unpaired) electrons. The number of nitrogens with zero attached hydrogens (tertiary/aromatic N) is 2. The van der Waals surface area contributed by atoms with Crippen LogP contribution in [0.4, 0.5) is 0 Å². The molecule has 1 atom stereocenters. The molecule has 1 aromatic carbocycles. The number of hydrogen-bond donors (Lipinski definition) is 2. The predicted molar refractivity (Wildman–Crippen MR) is 101 cm³/mol. The first-order valence-electron chi connectivity index (χ1n) is 8.95. The lowest BCUT2D eigenvalue weighted by Gasteiger charge is -2.38. The van der Waals surface area contributed by atoms with Gasteiger partial charge in [0.25, 0.3) is 5.91 Å². The number of benzene rings is 1. The molecule has 27 heavy (non-hydrogen) atoms. The number of hydrogen-bond acceptors (Lipinski definition) is 6. The third-order valence-corrected chi connectivity index (χ3v) is 4.74. The second-order valence-corrected chi connectivity index (χ2v) is 6.91. The number of piperidine rings is 1. The summed E-state index contributed by atoms with van der Waals surface area (Å²) in [6.07, 6.45) is 1.04. The summed E-state index contributed by atoms with van der Waals surface area (Å²) < 4.78 is 10.7. The Balaban J connectivity index is 2.07. The van der Waals surface area contributed by atoms with E-state index in [4.69, 9.17) is 9.47 Å². The number of ether oxygens (including phenoxy) is 2. The van der Waals surface area contributed by atoms with E-state index < -0.39 is 5.60 Å². The summed E-state index contributed by atoms with van der Waals surface area (Å²) in [5.41, 5.74) is -0.707. The fourth-order valence-corrected chi connectivity index (χ4v) is 3.20. The number of likely N-dealkylation sites (tertiary alicyclic amines) is 1. The molecule has 1 fully saturated rings. The molecular weight excluding hydrogens is 350 g/mol. The zero-order valence-corrected chi connectivity index (χ0v) is 16.4. The molecule has 2 amide bonds. The average molecular weight is 379 g/mol. The molecule has 0 aliphatic carbocycles. The van der Waals surface area contributed by atoms with Crippen LogP contribution in [0.15, 0.2) is 18.2 Å². The summed E-state index contributed by atoms with van der Waals surface area (Å²) in [4.78, 5) is 27.6.